The Morgan fingerprint density at radius 1 is 1.27 bits per heavy atom. The van der Waals surface area contributed by atoms with Gasteiger partial charge in [0.05, 0.1) is 9.90 Å². The number of carbonyl (C=O) groups excluding carboxylic acids is 2. The first-order valence-electron chi connectivity index (χ1n) is 6.05. The average Bonchev–Trinajstić information content (AvgIpc) is 2.80. The zero-order chi connectivity index (χ0) is 16.3. The standard InChI is InChI=1S/C14H10Cl3NO3S/c1-7-9(15)3-2-4-10(7)18-12(19)6-21-14(20)8-5-11(16)22-13(8)17/h2-5H,6H2,1H3,(H,18,19). The summed E-state index contributed by atoms with van der Waals surface area (Å²) in [6.07, 6.45) is 0. The molecule has 1 aromatic heterocycles. The number of hydrogen-bond donors (Lipinski definition) is 1. The fourth-order valence-electron chi connectivity index (χ4n) is 1.62. The van der Waals surface area contributed by atoms with Gasteiger partial charge in [-0.25, -0.2) is 4.79 Å². The molecule has 0 unspecified atom stereocenters. The molecule has 4 nitrogen and oxygen atoms in total. The van der Waals surface area contributed by atoms with Crippen LogP contribution in [0.5, 0.6) is 0 Å². The van der Waals surface area contributed by atoms with Crippen LogP contribution in [-0.4, -0.2) is 18.5 Å². The molecule has 0 saturated carbocycles. The van der Waals surface area contributed by atoms with Crippen molar-refractivity contribution in [2.75, 3.05) is 11.9 Å². The lowest BCUT2D eigenvalue weighted by Crippen LogP contribution is -2.21. The molecule has 1 amide bonds. The quantitative estimate of drug-likeness (QED) is 0.777. The van der Waals surface area contributed by atoms with Crippen LogP contribution in [0.25, 0.3) is 0 Å². The molecule has 0 spiro atoms. The highest BCUT2D eigenvalue weighted by molar-refractivity contribution is 7.20. The molecule has 0 fully saturated rings. The van der Waals surface area contributed by atoms with Crippen molar-refractivity contribution >= 4 is 63.7 Å². The number of benzene rings is 1. The van der Waals surface area contributed by atoms with Gasteiger partial charge in [-0.1, -0.05) is 40.9 Å². The Balaban J connectivity index is 1.94. The number of anilines is 1. The van der Waals surface area contributed by atoms with Gasteiger partial charge in [-0.2, -0.15) is 0 Å². The zero-order valence-corrected chi connectivity index (χ0v) is 14.4. The normalized spacial score (nSPS) is 10.4. The molecule has 0 bridgehead atoms. The number of nitrogens with one attached hydrogen (secondary N) is 1. The fourth-order valence-corrected chi connectivity index (χ4v) is 3.23. The maximum atomic E-state index is 11.8. The average molecular weight is 379 g/mol. The third-order valence-electron chi connectivity index (χ3n) is 2.75. The highest BCUT2D eigenvalue weighted by atomic mass is 35.5. The molecular weight excluding hydrogens is 369 g/mol. The summed E-state index contributed by atoms with van der Waals surface area (Å²) in [7, 11) is 0. The number of ether oxygens (including phenoxy) is 1. The summed E-state index contributed by atoms with van der Waals surface area (Å²) >= 11 is 18.6. The van der Waals surface area contributed by atoms with Gasteiger partial charge in [0.1, 0.15) is 4.34 Å². The molecule has 1 heterocycles. The van der Waals surface area contributed by atoms with E-state index in [2.05, 4.69) is 5.32 Å². The van der Waals surface area contributed by atoms with Crippen molar-refractivity contribution in [2.24, 2.45) is 0 Å². The zero-order valence-electron chi connectivity index (χ0n) is 11.3. The van der Waals surface area contributed by atoms with Gasteiger partial charge in [-0.15, -0.1) is 11.3 Å². The molecule has 1 aromatic carbocycles. The number of halogens is 3. The SMILES string of the molecule is Cc1c(Cl)cccc1NC(=O)COC(=O)c1cc(Cl)sc1Cl. The van der Waals surface area contributed by atoms with E-state index in [1.54, 1.807) is 25.1 Å². The molecule has 2 rings (SSSR count). The Hall–Kier alpha value is -1.27. The van der Waals surface area contributed by atoms with Gasteiger partial charge in [-0.05, 0) is 30.7 Å². The maximum Gasteiger partial charge on any atom is 0.341 e. The van der Waals surface area contributed by atoms with Gasteiger partial charge in [0.2, 0.25) is 0 Å². The van der Waals surface area contributed by atoms with E-state index < -0.39 is 18.5 Å². The number of rotatable bonds is 4. The largest absolute Gasteiger partial charge is 0.452 e. The van der Waals surface area contributed by atoms with E-state index in [0.29, 0.717) is 15.0 Å². The topological polar surface area (TPSA) is 55.4 Å². The lowest BCUT2D eigenvalue weighted by Gasteiger charge is -2.09. The van der Waals surface area contributed by atoms with E-state index in [0.717, 1.165) is 16.9 Å². The lowest BCUT2D eigenvalue weighted by molar-refractivity contribution is -0.119. The van der Waals surface area contributed by atoms with Crippen LogP contribution in [0.3, 0.4) is 0 Å². The van der Waals surface area contributed by atoms with E-state index >= 15 is 0 Å². The summed E-state index contributed by atoms with van der Waals surface area (Å²) in [6.45, 7) is 1.34. The minimum Gasteiger partial charge on any atom is -0.452 e. The minimum atomic E-state index is -0.703. The monoisotopic (exact) mass is 377 g/mol. The lowest BCUT2D eigenvalue weighted by atomic mass is 10.2. The molecule has 0 aliphatic rings. The van der Waals surface area contributed by atoms with Crippen LogP contribution >= 0.6 is 46.1 Å². The van der Waals surface area contributed by atoms with Crippen molar-refractivity contribution in [2.45, 2.75) is 6.92 Å². The van der Waals surface area contributed by atoms with Crippen molar-refractivity contribution in [3.05, 3.63) is 49.1 Å². The molecule has 22 heavy (non-hydrogen) atoms. The van der Waals surface area contributed by atoms with Gasteiger partial charge in [-0.3, -0.25) is 4.79 Å². The van der Waals surface area contributed by atoms with Crippen molar-refractivity contribution in [3.8, 4) is 0 Å². The summed E-state index contributed by atoms with van der Waals surface area (Å²) in [5.41, 5.74) is 1.44. The third-order valence-corrected chi connectivity index (χ3v) is 4.65. The predicted octanol–water partition coefficient (Wildman–Crippen LogP) is 4.81. The van der Waals surface area contributed by atoms with E-state index in [9.17, 15) is 9.59 Å². The van der Waals surface area contributed by atoms with Crippen LogP contribution in [-0.2, 0) is 9.53 Å². The Morgan fingerprint density at radius 3 is 2.64 bits per heavy atom. The van der Waals surface area contributed by atoms with Crippen molar-refractivity contribution in [1.29, 1.82) is 0 Å². The molecule has 2 aromatic rings. The number of thiophene rings is 1. The van der Waals surface area contributed by atoms with Crippen LogP contribution in [0.15, 0.2) is 24.3 Å². The Bertz CT molecular complexity index is 730. The van der Waals surface area contributed by atoms with Crippen LogP contribution in [0, 0.1) is 6.92 Å². The first-order chi connectivity index (χ1) is 10.4. The second-order valence-electron chi connectivity index (χ2n) is 4.27. The molecule has 1 N–H and O–H groups in total. The van der Waals surface area contributed by atoms with Gasteiger partial charge in [0, 0.05) is 10.7 Å². The molecule has 0 aliphatic carbocycles. The summed E-state index contributed by atoms with van der Waals surface area (Å²) in [4.78, 5) is 23.6. The van der Waals surface area contributed by atoms with Gasteiger partial charge >= 0.3 is 5.97 Å². The van der Waals surface area contributed by atoms with Crippen LogP contribution in [0.2, 0.25) is 13.7 Å². The number of esters is 1. The highest BCUT2D eigenvalue weighted by Gasteiger charge is 2.17. The molecule has 116 valence electrons. The fraction of sp³-hybridized carbons (Fsp3) is 0.143. The van der Waals surface area contributed by atoms with E-state index in [1.165, 1.54) is 6.07 Å². The van der Waals surface area contributed by atoms with E-state index in [1.807, 2.05) is 0 Å². The van der Waals surface area contributed by atoms with Gasteiger partial charge in [0.25, 0.3) is 5.91 Å². The van der Waals surface area contributed by atoms with Crippen LogP contribution < -0.4 is 5.32 Å². The second kappa shape index (κ2) is 7.33. The Morgan fingerprint density at radius 2 is 2.00 bits per heavy atom. The molecule has 8 heteroatoms. The summed E-state index contributed by atoms with van der Waals surface area (Å²) in [5.74, 6) is -1.18. The first-order valence-corrected chi connectivity index (χ1v) is 8.00. The van der Waals surface area contributed by atoms with Gasteiger partial charge in [0.15, 0.2) is 6.61 Å². The van der Waals surface area contributed by atoms with Crippen molar-refractivity contribution < 1.29 is 14.3 Å². The molecule has 0 atom stereocenters. The summed E-state index contributed by atoms with van der Waals surface area (Å²) in [5, 5.41) is 3.16. The van der Waals surface area contributed by atoms with Gasteiger partial charge < -0.3 is 10.1 Å². The van der Waals surface area contributed by atoms with Crippen LogP contribution in [0.4, 0.5) is 5.69 Å². The number of carbonyl (C=O) groups is 2. The smallest absolute Gasteiger partial charge is 0.341 e. The van der Waals surface area contributed by atoms with Crippen LogP contribution in [0.1, 0.15) is 15.9 Å². The molecule has 0 aliphatic heterocycles. The summed E-state index contributed by atoms with van der Waals surface area (Å²) < 4.78 is 5.50. The molecule has 0 radical (unpaired) electrons. The Labute approximate surface area is 145 Å². The Kier molecular flexibility index (Phi) is 5.69. The summed E-state index contributed by atoms with van der Waals surface area (Å²) in [6, 6.07) is 6.53. The molecule has 0 saturated heterocycles. The third kappa shape index (κ3) is 4.14. The molecular formula is C14H10Cl3NO3S. The predicted molar refractivity (Wildman–Crippen MR) is 89.4 cm³/mol. The van der Waals surface area contributed by atoms with E-state index in [-0.39, 0.29) is 9.90 Å². The first kappa shape index (κ1) is 17.1. The number of hydrogen-bond acceptors (Lipinski definition) is 4. The minimum absolute atomic E-state index is 0.142. The van der Waals surface area contributed by atoms with Crippen molar-refractivity contribution in [1.82, 2.24) is 0 Å². The number of amides is 1. The van der Waals surface area contributed by atoms with Crippen molar-refractivity contribution in [3.63, 3.8) is 0 Å². The maximum absolute atomic E-state index is 11.8. The van der Waals surface area contributed by atoms with E-state index in [4.69, 9.17) is 39.5 Å². The second-order valence-corrected chi connectivity index (χ2v) is 6.97. The highest BCUT2D eigenvalue weighted by Crippen LogP contribution is 2.31.